The summed E-state index contributed by atoms with van der Waals surface area (Å²) in [7, 11) is 0. The number of hydrogen-bond acceptors (Lipinski definition) is 4. The second-order valence-electron chi connectivity index (χ2n) is 5.68. The summed E-state index contributed by atoms with van der Waals surface area (Å²) in [4.78, 5) is 28.6. The van der Waals surface area contributed by atoms with Gasteiger partial charge in [-0.05, 0) is 37.8 Å². The average Bonchev–Trinajstić information content (AvgIpc) is 3.28. The summed E-state index contributed by atoms with van der Waals surface area (Å²) in [5.74, 6) is 0.493. The predicted molar refractivity (Wildman–Crippen MR) is 82.7 cm³/mol. The van der Waals surface area contributed by atoms with Crippen LogP contribution in [0.2, 0.25) is 0 Å². The zero-order valence-electron chi connectivity index (χ0n) is 12.7. The molecule has 1 heterocycles. The number of benzene rings is 1. The first-order valence-electron chi connectivity index (χ1n) is 7.50. The predicted octanol–water partition coefficient (Wildman–Crippen LogP) is 2.59. The van der Waals surface area contributed by atoms with Crippen molar-refractivity contribution < 1.29 is 9.53 Å². The van der Waals surface area contributed by atoms with Crippen LogP contribution in [-0.4, -0.2) is 15.6 Å². The highest BCUT2D eigenvalue weighted by molar-refractivity contribution is 5.81. The first-order chi connectivity index (χ1) is 10.5. The minimum atomic E-state index is -0.854. The highest BCUT2D eigenvalue weighted by Crippen LogP contribution is 2.37. The van der Waals surface area contributed by atoms with Gasteiger partial charge in [0.1, 0.15) is 0 Å². The molecule has 6 nitrogen and oxygen atoms in total. The summed E-state index contributed by atoms with van der Waals surface area (Å²) < 4.78 is 6.84. The molecule has 22 heavy (non-hydrogen) atoms. The number of aromatic nitrogens is 2. The van der Waals surface area contributed by atoms with Crippen molar-refractivity contribution in [3.8, 4) is 0 Å². The van der Waals surface area contributed by atoms with Gasteiger partial charge >= 0.3 is 6.09 Å². The van der Waals surface area contributed by atoms with E-state index >= 15 is 0 Å². The molecule has 0 aliphatic heterocycles. The van der Waals surface area contributed by atoms with E-state index in [4.69, 9.17) is 10.5 Å². The molecule has 116 valence electrons. The molecule has 1 aliphatic carbocycles. The van der Waals surface area contributed by atoms with Crippen LogP contribution >= 0.6 is 0 Å². The van der Waals surface area contributed by atoms with E-state index in [1.165, 1.54) is 0 Å². The smallest absolute Gasteiger partial charge is 0.405 e. The first-order valence-corrected chi connectivity index (χ1v) is 7.50. The van der Waals surface area contributed by atoms with Gasteiger partial charge in [-0.25, -0.2) is 9.78 Å². The summed E-state index contributed by atoms with van der Waals surface area (Å²) in [6.07, 6.45) is 0.945. The van der Waals surface area contributed by atoms with Gasteiger partial charge in [0.25, 0.3) is 5.56 Å². The maximum Gasteiger partial charge on any atom is 0.405 e. The third-order valence-electron chi connectivity index (χ3n) is 3.99. The zero-order chi connectivity index (χ0) is 15.9. The lowest BCUT2D eigenvalue weighted by Crippen LogP contribution is -2.29. The molecule has 0 spiro atoms. The normalized spacial score (nSPS) is 15.7. The molecule has 1 aromatic carbocycles. The van der Waals surface area contributed by atoms with Crippen LogP contribution in [0.1, 0.15) is 49.7 Å². The van der Waals surface area contributed by atoms with Crippen LogP contribution in [0.3, 0.4) is 0 Å². The van der Waals surface area contributed by atoms with Crippen LogP contribution in [-0.2, 0) is 4.74 Å². The minimum absolute atomic E-state index is 0.0629. The quantitative estimate of drug-likeness (QED) is 0.940. The number of fused-ring (bicyclic) bond motifs is 1. The lowest BCUT2D eigenvalue weighted by molar-refractivity contribution is 0.0959. The van der Waals surface area contributed by atoms with E-state index in [-0.39, 0.29) is 11.6 Å². The molecule has 0 radical (unpaired) electrons. The van der Waals surface area contributed by atoms with Crippen molar-refractivity contribution in [2.24, 2.45) is 5.73 Å². The largest absolute Gasteiger partial charge is 0.438 e. The molecular weight excluding hydrogens is 282 g/mol. The maximum absolute atomic E-state index is 12.9. The van der Waals surface area contributed by atoms with Crippen molar-refractivity contribution in [1.29, 1.82) is 0 Å². The minimum Gasteiger partial charge on any atom is -0.438 e. The Labute approximate surface area is 127 Å². The van der Waals surface area contributed by atoms with Gasteiger partial charge in [-0.1, -0.05) is 19.1 Å². The van der Waals surface area contributed by atoms with E-state index in [0.717, 1.165) is 18.4 Å². The molecule has 0 saturated heterocycles. The molecule has 0 bridgehead atoms. The van der Waals surface area contributed by atoms with Gasteiger partial charge in [0.2, 0.25) is 0 Å². The van der Waals surface area contributed by atoms with E-state index in [9.17, 15) is 9.59 Å². The topological polar surface area (TPSA) is 87.2 Å². The van der Waals surface area contributed by atoms with Crippen LogP contribution in [0.25, 0.3) is 10.9 Å². The van der Waals surface area contributed by atoms with Crippen LogP contribution in [0.5, 0.6) is 0 Å². The fourth-order valence-electron chi connectivity index (χ4n) is 2.80. The van der Waals surface area contributed by atoms with Crippen molar-refractivity contribution in [3.05, 3.63) is 39.9 Å². The van der Waals surface area contributed by atoms with Gasteiger partial charge in [-0.2, -0.15) is 0 Å². The molecule has 1 unspecified atom stereocenters. The summed E-state index contributed by atoms with van der Waals surface area (Å²) in [6, 6.07) is 5.72. The van der Waals surface area contributed by atoms with Crippen molar-refractivity contribution >= 4 is 17.0 Å². The number of aryl methyl sites for hydroxylation is 1. The summed E-state index contributed by atoms with van der Waals surface area (Å²) in [5, 5.41) is 0.632. The summed E-state index contributed by atoms with van der Waals surface area (Å²) in [5.41, 5.74) is 6.61. The Hall–Kier alpha value is -2.37. The van der Waals surface area contributed by atoms with Gasteiger partial charge in [0.05, 0.1) is 10.9 Å². The van der Waals surface area contributed by atoms with Crippen molar-refractivity contribution in [3.63, 3.8) is 0 Å². The van der Waals surface area contributed by atoms with Crippen LogP contribution in [0.15, 0.2) is 23.0 Å². The Morgan fingerprint density at radius 1 is 1.50 bits per heavy atom. The van der Waals surface area contributed by atoms with E-state index < -0.39 is 12.2 Å². The van der Waals surface area contributed by atoms with E-state index in [1.807, 2.05) is 32.0 Å². The van der Waals surface area contributed by atoms with Crippen molar-refractivity contribution in [2.45, 2.75) is 45.3 Å². The molecule has 3 rings (SSSR count). The molecule has 2 aromatic rings. The number of hydrogen-bond donors (Lipinski definition) is 1. The van der Waals surface area contributed by atoms with Crippen LogP contribution in [0.4, 0.5) is 4.79 Å². The number of nitrogens with two attached hydrogens (primary N) is 1. The number of nitrogens with zero attached hydrogens (tertiary/aromatic N) is 2. The number of amides is 1. The Kier molecular flexibility index (Phi) is 3.60. The van der Waals surface area contributed by atoms with E-state index in [1.54, 1.807) is 4.57 Å². The lowest BCUT2D eigenvalue weighted by atomic mass is 10.1. The summed E-state index contributed by atoms with van der Waals surface area (Å²) in [6.45, 7) is 3.77. The van der Waals surface area contributed by atoms with Crippen molar-refractivity contribution in [2.75, 3.05) is 0 Å². The molecular formula is C16H19N3O3. The Morgan fingerprint density at radius 3 is 2.82 bits per heavy atom. The van der Waals surface area contributed by atoms with Crippen molar-refractivity contribution in [1.82, 2.24) is 9.55 Å². The number of ether oxygens (including phenoxy) is 1. The molecule has 1 amide bonds. The number of primary amides is 1. The number of carbonyl (C=O) groups excluding carboxylic acids is 1. The van der Waals surface area contributed by atoms with Gasteiger partial charge < -0.3 is 10.5 Å². The molecule has 1 aromatic heterocycles. The maximum atomic E-state index is 12.9. The van der Waals surface area contributed by atoms with E-state index in [0.29, 0.717) is 23.1 Å². The molecule has 2 N–H and O–H groups in total. The van der Waals surface area contributed by atoms with Gasteiger partial charge in [-0.3, -0.25) is 9.36 Å². The van der Waals surface area contributed by atoms with Gasteiger partial charge in [-0.15, -0.1) is 0 Å². The molecule has 1 aliphatic rings. The zero-order valence-corrected chi connectivity index (χ0v) is 12.7. The molecule has 1 fully saturated rings. The third kappa shape index (κ3) is 2.45. The second kappa shape index (κ2) is 5.44. The highest BCUT2D eigenvalue weighted by Gasteiger charge is 2.32. The van der Waals surface area contributed by atoms with Crippen LogP contribution < -0.4 is 11.3 Å². The average molecular weight is 301 g/mol. The third-order valence-corrected chi connectivity index (χ3v) is 3.99. The molecule has 1 saturated carbocycles. The fraction of sp³-hybridized carbons (Fsp3) is 0.438. The van der Waals surface area contributed by atoms with E-state index in [2.05, 4.69) is 4.98 Å². The van der Waals surface area contributed by atoms with Gasteiger partial charge in [0, 0.05) is 6.04 Å². The standard InChI is InChI=1S/C16H19N3O3/c1-3-12(22-16(17)21)14-18-11-6-4-5-9(2)13(11)15(20)19(14)10-7-8-10/h4-6,10,12H,3,7-8H2,1-2H3,(H2,17,21). The Morgan fingerprint density at radius 2 is 2.23 bits per heavy atom. The Balaban J connectivity index is 2.26. The number of carbonyl (C=O) groups is 1. The fourth-order valence-corrected chi connectivity index (χ4v) is 2.80. The molecule has 1 atom stereocenters. The first kappa shape index (κ1) is 14.6. The van der Waals surface area contributed by atoms with Gasteiger partial charge in [0.15, 0.2) is 11.9 Å². The number of rotatable bonds is 4. The van der Waals surface area contributed by atoms with Crippen LogP contribution in [0, 0.1) is 6.92 Å². The lowest BCUT2D eigenvalue weighted by Gasteiger charge is -2.20. The monoisotopic (exact) mass is 301 g/mol. The Bertz CT molecular complexity index is 793. The summed E-state index contributed by atoms with van der Waals surface area (Å²) >= 11 is 0. The SMILES string of the molecule is CCC(OC(N)=O)c1nc2cccc(C)c2c(=O)n1C1CC1. The highest BCUT2D eigenvalue weighted by atomic mass is 16.6. The second-order valence-corrected chi connectivity index (χ2v) is 5.68. The molecule has 6 heteroatoms.